The minimum absolute atomic E-state index is 0.0280. The first kappa shape index (κ1) is 17.3. The summed E-state index contributed by atoms with van der Waals surface area (Å²) in [4.78, 5) is 14.4. The molecular formula is C17H14F4N6. The van der Waals surface area contributed by atoms with E-state index in [-0.39, 0.29) is 29.5 Å². The molecule has 0 saturated heterocycles. The molecule has 0 spiro atoms. The summed E-state index contributed by atoms with van der Waals surface area (Å²) < 4.78 is 54.9. The van der Waals surface area contributed by atoms with Crippen LogP contribution in [-0.4, -0.2) is 32.2 Å². The van der Waals surface area contributed by atoms with Crippen LogP contribution in [0.3, 0.4) is 0 Å². The van der Waals surface area contributed by atoms with Crippen LogP contribution in [0.25, 0.3) is 16.7 Å². The number of fused-ring (bicyclic) bond motifs is 2. The van der Waals surface area contributed by atoms with E-state index in [9.17, 15) is 17.6 Å². The Balaban J connectivity index is 1.72. The van der Waals surface area contributed by atoms with Gasteiger partial charge in [0.15, 0.2) is 5.65 Å². The molecule has 2 aromatic heterocycles. The first-order valence-corrected chi connectivity index (χ1v) is 8.02. The van der Waals surface area contributed by atoms with Gasteiger partial charge < -0.3 is 16.0 Å². The Kier molecular flexibility index (Phi) is 3.79. The van der Waals surface area contributed by atoms with Crippen LogP contribution in [0, 0.1) is 5.82 Å². The van der Waals surface area contributed by atoms with E-state index in [4.69, 9.17) is 5.73 Å². The highest BCUT2D eigenvalue weighted by molar-refractivity contribution is 5.77. The SMILES string of the molecule is CC1=C(C(Nc2nc3nc(N)ncc3[nH]2)C(F)(F)F)Cc2ccc(F)cc21. The fourth-order valence-electron chi connectivity index (χ4n) is 3.27. The standard InChI is InChI=1S/C17H14F4N6/c1-7-10-5-9(18)3-2-8(10)4-11(7)13(17(19,20)21)25-16-24-12-6-23-15(22)26-14(12)27-16/h2-3,5-6,13H,4H2,1H3,(H4,22,23,24,25,26,27). The van der Waals surface area contributed by atoms with Gasteiger partial charge in [0.05, 0.1) is 6.20 Å². The number of aromatic nitrogens is 4. The van der Waals surface area contributed by atoms with E-state index in [1.807, 2.05) is 0 Å². The molecule has 1 atom stereocenters. The Bertz CT molecular complexity index is 1070. The first-order chi connectivity index (χ1) is 12.7. The number of alkyl halides is 3. The fourth-order valence-corrected chi connectivity index (χ4v) is 3.27. The summed E-state index contributed by atoms with van der Waals surface area (Å²) in [6.07, 6.45) is -3.16. The normalized spacial score (nSPS) is 15.3. The van der Waals surface area contributed by atoms with Crippen molar-refractivity contribution in [1.29, 1.82) is 0 Å². The summed E-state index contributed by atoms with van der Waals surface area (Å²) in [5, 5.41) is 2.40. The number of nitrogens with two attached hydrogens (primary N) is 1. The van der Waals surface area contributed by atoms with Gasteiger partial charge in [0, 0.05) is 0 Å². The predicted molar refractivity (Wildman–Crippen MR) is 92.3 cm³/mol. The number of rotatable bonds is 3. The van der Waals surface area contributed by atoms with E-state index in [0.717, 1.165) is 0 Å². The van der Waals surface area contributed by atoms with Crippen molar-refractivity contribution in [2.75, 3.05) is 11.1 Å². The third kappa shape index (κ3) is 3.07. The van der Waals surface area contributed by atoms with Crippen molar-refractivity contribution in [2.24, 2.45) is 0 Å². The maximum Gasteiger partial charge on any atom is 0.412 e. The molecule has 140 valence electrons. The molecule has 1 aliphatic rings. The lowest BCUT2D eigenvalue weighted by molar-refractivity contribution is -0.134. The molecule has 0 radical (unpaired) electrons. The van der Waals surface area contributed by atoms with Crippen LogP contribution >= 0.6 is 0 Å². The number of nitrogen functional groups attached to an aromatic ring is 1. The van der Waals surface area contributed by atoms with E-state index in [2.05, 4.69) is 25.3 Å². The highest BCUT2D eigenvalue weighted by Gasteiger charge is 2.44. The molecule has 0 aliphatic heterocycles. The minimum atomic E-state index is -4.58. The summed E-state index contributed by atoms with van der Waals surface area (Å²) >= 11 is 0. The molecule has 4 N–H and O–H groups in total. The van der Waals surface area contributed by atoms with Gasteiger partial charge >= 0.3 is 6.18 Å². The number of benzene rings is 1. The maximum atomic E-state index is 13.8. The molecule has 0 fully saturated rings. The number of aromatic amines is 1. The van der Waals surface area contributed by atoms with Crippen molar-refractivity contribution in [3.05, 3.63) is 46.9 Å². The van der Waals surface area contributed by atoms with Crippen molar-refractivity contribution in [3.8, 4) is 0 Å². The Morgan fingerprint density at radius 2 is 2.04 bits per heavy atom. The molecule has 2 heterocycles. The number of halogens is 4. The molecule has 0 saturated carbocycles. The molecule has 27 heavy (non-hydrogen) atoms. The minimum Gasteiger partial charge on any atom is -0.368 e. The Hall–Kier alpha value is -3.17. The van der Waals surface area contributed by atoms with Crippen LogP contribution in [0.4, 0.5) is 29.5 Å². The number of nitrogens with zero attached hydrogens (tertiary/aromatic N) is 3. The lowest BCUT2D eigenvalue weighted by atomic mass is 10.0. The predicted octanol–water partition coefficient (Wildman–Crippen LogP) is 3.45. The highest BCUT2D eigenvalue weighted by Crippen LogP contribution is 2.40. The van der Waals surface area contributed by atoms with Crippen molar-refractivity contribution in [2.45, 2.75) is 25.6 Å². The van der Waals surface area contributed by atoms with Crippen LogP contribution in [0.15, 0.2) is 30.0 Å². The second-order valence-corrected chi connectivity index (χ2v) is 6.30. The lowest BCUT2D eigenvalue weighted by Crippen LogP contribution is -2.38. The van der Waals surface area contributed by atoms with Gasteiger partial charge in [-0.3, -0.25) is 0 Å². The molecule has 0 amide bonds. The summed E-state index contributed by atoms with van der Waals surface area (Å²) in [5.74, 6) is -0.617. The largest absolute Gasteiger partial charge is 0.412 e. The van der Waals surface area contributed by atoms with Gasteiger partial charge in [-0.15, -0.1) is 0 Å². The van der Waals surface area contributed by atoms with Crippen LogP contribution in [0.1, 0.15) is 18.1 Å². The molecular weight excluding hydrogens is 364 g/mol. The number of anilines is 2. The smallest absolute Gasteiger partial charge is 0.368 e. The third-order valence-electron chi connectivity index (χ3n) is 4.55. The lowest BCUT2D eigenvalue weighted by Gasteiger charge is -2.23. The zero-order chi connectivity index (χ0) is 19.3. The van der Waals surface area contributed by atoms with E-state index in [1.165, 1.54) is 24.4 Å². The average Bonchev–Trinajstić information content (AvgIpc) is 3.12. The summed E-state index contributed by atoms with van der Waals surface area (Å²) in [6, 6.07) is 2.02. The highest BCUT2D eigenvalue weighted by atomic mass is 19.4. The van der Waals surface area contributed by atoms with Gasteiger partial charge in [-0.1, -0.05) is 6.07 Å². The van der Waals surface area contributed by atoms with Crippen molar-refractivity contribution < 1.29 is 17.6 Å². The monoisotopic (exact) mass is 378 g/mol. The second kappa shape index (κ2) is 5.93. The third-order valence-corrected chi connectivity index (χ3v) is 4.55. The van der Waals surface area contributed by atoms with Crippen LogP contribution < -0.4 is 11.1 Å². The van der Waals surface area contributed by atoms with Crippen LogP contribution in [0.2, 0.25) is 0 Å². The Labute approximate surface area is 150 Å². The molecule has 3 aromatic rings. The Morgan fingerprint density at radius 1 is 1.26 bits per heavy atom. The van der Waals surface area contributed by atoms with Gasteiger partial charge in [0.25, 0.3) is 0 Å². The molecule has 10 heteroatoms. The zero-order valence-electron chi connectivity index (χ0n) is 14.0. The molecule has 1 aliphatic carbocycles. The van der Waals surface area contributed by atoms with Gasteiger partial charge in [-0.2, -0.15) is 23.1 Å². The van der Waals surface area contributed by atoms with E-state index >= 15 is 0 Å². The zero-order valence-corrected chi connectivity index (χ0v) is 14.0. The molecule has 6 nitrogen and oxygen atoms in total. The average molecular weight is 378 g/mol. The van der Waals surface area contributed by atoms with Gasteiger partial charge in [0.1, 0.15) is 17.4 Å². The number of hydrogen-bond donors (Lipinski definition) is 3. The molecule has 1 aromatic carbocycles. The van der Waals surface area contributed by atoms with Crippen molar-refractivity contribution >= 4 is 28.6 Å². The number of allylic oxidation sites excluding steroid dienone is 1. The number of hydrogen-bond acceptors (Lipinski definition) is 5. The van der Waals surface area contributed by atoms with E-state index < -0.39 is 18.0 Å². The van der Waals surface area contributed by atoms with Crippen LogP contribution in [0.5, 0.6) is 0 Å². The summed E-state index contributed by atoms with van der Waals surface area (Å²) in [7, 11) is 0. The fraction of sp³-hybridized carbons (Fsp3) is 0.235. The number of imidazole rings is 1. The van der Waals surface area contributed by atoms with Gasteiger partial charge in [-0.05, 0) is 47.8 Å². The van der Waals surface area contributed by atoms with E-state index in [1.54, 1.807) is 6.92 Å². The molecule has 1 unspecified atom stereocenters. The van der Waals surface area contributed by atoms with Crippen LogP contribution in [-0.2, 0) is 6.42 Å². The van der Waals surface area contributed by atoms with Crippen molar-refractivity contribution in [1.82, 2.24) is 19.9 Å². The number of nitrogens with one attached hydrogen (secondary N) is 2. The quantitative estimate of drug-likeness (QED) is 0.607. The topological polar surface area (TPSA) is 92.5 Å². The number of H-pyrrole nitrogens is 1. The maximum absolute atomic E-state index is 13.8. The Morgan fingerprint density at radius 3 is 2.78 bits per heavy atom. The molecule has 4 rings (SSSR count). The first-order valence-electron chi connectivity index (χ1n) is 8.02. The second-order valence-electron chi connectivity index (χ2n) is 6.30. The van der Waals surface area contributed by atoms with Crippen molar-refractivity contribution in [3.63, 3.8) is 0 Å². The van der Waals surface area contributed by atoms with Gasteiger partial charge in [-0.25, -0.2) is 9.37 Å². The van der Waals surface area contributed by atoms with E-state index in [0.29, 0.717) is 22.2 Å². The molecule has 0 bridgehead atoms. The van der Waals surface area contributed by atoms with Gasteiger partial charge in [0.2, 0.25) is 11.9 Å². The summed E-state index contributed by atoms with van der Waals surface area (Å²) in [5.41, 5.74) is 7.65. The summed E-state index contributed by atoms with van der Waals surface area (Å²) in [6.45, 7) is 1.56.